The minimum absolute atomic E-state index is 0.537. The molecule has 0 aliphatic rings. The maximum absolute atomic E-state index is 5.57. The van der Waals surface area contributed by atoms with Crippen molar-refractivity contribution in [2.45, 2.75) is 13.0 Å². The summed E-state index contributed by atoms with van der Waals surface area (Å²) in [6.45, 7) is 0.892. The van der Waals surface area contributed by atoms with Gasteiger partial charge in [-0.25, -0.2) is 4.98 Å². The molecule has 0 saturated heterocycles. The molecular formula is C6H8Cl2N2. The van der Waals surface area contributed by atoms with Gasteiger partial charge in [-0.15, -0.1) is 11.6 Å². The number of aromatic nitrogens is 2. The molecule has 0 spiro atoms. The van der Waals surface area contributed by atoms with Crippen LogP contribution in [0.5, 0.6) is 0 Å². The molecule has 56 valence electrons. The topological polar surface area (TPSA) is 17.8 Å². The van der Waals surface area contributed by atoms with Crippen LogP contribution in [0.2, 0.25) is 5.15 Å². The number of aryl methyl sites for hydroxylation is 1. The fourth-order valence-corrected chi connectivity index (χ4v) is 0.986. The summed E-state index contributed by atoms with van der Waals surface area (Å²) >= 11 is 11.1. The molecule has 1 aromatic heterocycles. The van der Waals surface area contributed by atoms with E-state index in [1.54, 1.807) is 12.5 Å². The van der Waals surface area contributed by atoms with Crippen molar-refractivity contribution in [3.05, 3.63) is 17.7 Å². The van der Waals surface area contributed by atoms with Crippen molar-refractivity contribution in [2.24, 2.45) is 0 Å². The van der Waals surface area contributed by atoms with E-state index in [2.05, 4.69) is 4.98 Å². The van der Waals surface area contributed by atoms with E-state index in [1.165, 1.54) is 0 Å². The van der Waals surface area contributed by atoms with Gasteiger partial charge in [-0.05, 0) is 6.42 Å². The first-order chi connectivity index (χ1) is 4.83. The summed E-state index contributed by atoms with van der Waals surface area (Å²) in [5, 5.41) is 0.537. The van der Waals surface area contributed by atoms with Crippen LogP contribution in [0.4, 0.5) is 0 Å². The first kappa shape index (κ1) is 7.89. The van der Waals surface area contributed by atoms with Crippen LogP contribution < -0.4 is 0 Å². The second kappa shape index (κ2) is 3.84. The van der Waals surface area contributed by atoms with Gasteiger partial charge in [-0.1, -0.05) is 11.6 Å². The second-order valence-corrected chi connectivity index (χ2v) is 2.74. The van der Waals surface area contributed by atoms with Gasteiger partial charge in [0.05, 0.1) is 6.33 Å². The van der Waals surface area contributed by atoms with Crippen LogP contribution in [0.3, 0.4) is 0 Å². The van der Waals surface area contributed by atoms with E-state index in [1.807, 2.05) is 4.57 Å². The Morgan fingerprint density at radius 2 is 2.40 bits per heavy atom. The van der Waals surface area contributed by atoms with Crippen LogP contribution in [-0.4, -0.2) is 15.4 Å². The molecule has 0 aliphatic carbocycles. The fourth-order valence-electron chi connectivity index (χ4n) is 0.697. The van der Waals surface area contributed by atoms with Crippen LogP contribution >= 0.6 is 23.2 Å². The summed E-state index contributed by atoms with van der Waals surface area (Å²) in [5.74, 6) is 0.676. The zero-order valence-electron chi connectivity index (χ0n) is 5.43. The van der Waals surface area contributed by atoms with E-state index >= 15 is 0 Å². The summed E-state index contributed by atoms with van der Waals surface area (Å²) in [7, 11) is 0. The highest BCUT2D eigenvalue weighted by atomic mass is 35.5. The molecule has 0 amide bonds. The fraction of sp³-hybridized carbons (Fsp3) is 0.500. The lowest BCUT2D eigenvalue weighted by Gasteiger charge is -1.95. The molecule has 0 aromatic carbocycles. The number of halogens is 2. The van der Waals surface area contributed by atoms with Gasteiger partial charge in [0.25, 0.3) is 0 Å². The van der Waals surface area contributed by atoms with Gasteiger partial charge < -0.3 is 4.57 Å². The predicted molar refractivity (Wildman–Crippen MR) is 42.6 cm³/mol. The molecule has 0 saturated carbocycles. The highest BCUT2D eigenvalue weighted by Gasteiger charge is 1.92. The number of hydrogen-bond acceptors (Lipinski definition) is 1. The Morgan fingerprint density at radius 1 is 1.60 bits per heavy atom. The van der Waals surface area contributed by atoms with E-state index in [0.717, 1.165) is 13.0 Å². The average Bonchev–Trinajstić information content (AvgIpc) is 2.31. The number of imidazole rings is 1. The SMILES string of the molecule is ClCCCn1cnc(Cl)c1. The molecule has 10 heavy (non-hydrogen) atoms. The third-order valence-corrected chi connectivity index (χ3v) is 1.61. The van der Waals surface area contributed by atoms with Gasteiger partial charge in [0.1, 0.15) is 5.15 Å². The van der Waals surface area contributed by atoms with Gasteiger partial charge in [0.15, 0.2) is 0 Å². The monoisotopic (exact) mass is 178 g/mol. The van der Waals surface area contributed by atoms with Crippen LogP contribution in [-0.2, 0) is 6.54 Å². The van der Waals surface area contributed by atoms with Crippen molar-refractivity contribution >= 4 is 23.2 Å². The van der Waals surface area contributed by atoms with E-state index in [4.69, 9.17) is 23.2 Å². The van der Waals surface area contributed by atoms with Crippen molar-refractivity contribution in [3.63, 3.8) is 0 Å². The third-order valence-electron chi connectivity index (χ3n) is 1.15. The largest absolute Gasteiger partial charge is 0.336 e. The standard InChI is InChI=1S/C6H8Cl2N2/c7-2-1-3-10-4-6(8)9-5-10/h4-5H,1-3H2. The van der Waals surface area contributed by atoms with Gasteiger partial charge in [0.2, 0.25) is 0 Å². The van der Waals surface area contributed by atoms with Crippen molar-refractivity contribution < 1.29 is 0 Å². The van der Waals surface area contributed by atoms with Crippen LogP contribution in [0.25, 0.3) is 0 Å². The maximum atomic E-state index is 5.57. The summed E-state index contributed by atoms with van der Waals surface area (Å²) in [6, 6.07) is 0. The molecule has 4 heteroatoms. The Balaban J connectivity index is 2.42. The summed E-state index contributed by atoms with van der Waals surface area (Å²) in [5.41, 5.74) is 0. The molecule has 1 aromatic rings. The molecule has 1 heterocycles. The van der Waals surface area contributed by atoms with E-state index in [0.29, 0.717) is 11.0 Å². The maximum Gasteiger partial charge on any atom is 0.146 e. The van der Waals surface area contributed by atoms with Crippen molar-refractivity contribution in [1.82, 2.24) is 9.55 Å². The minimum Gasteiger partial charge on any atom is -0.336 e. The Labute approximate surface area is 69.8 Å². The Hall–Kier alpha value is -0.210. The van der Waals surface area contributed by atoms with Gasteiger partial charge in [-0.2, -0.15) is 0 Å². The third kappa shape index (κ3) is 2.20. The van der Waals surface area contributed by atoms with E-state index in [9.17, 15) is 0 Å². The smallest absolute Gasteiger partial charge is 0.146 e. The first-order valence-electron chi connectivity index (χ1n) is 3.06. The van der Waals surface area contributed by atoms with E-state index < -0.39 is 0 Å². The lowest BCUT2D eigenvalue weighted by molar-refractivity contribution is 0.681. The lowest BCUT2D eigenvalue weighted by atomic mass is 10.5. The Bertz CT molecular complexity index is 197. The Kier molecular flexibility index (Phi) is 3.03. The normalized spacial score (nSPS) is 10.2. The molecule has 1 rings (SSSR count). The zero-order chi connectivity index (χ0) is 7.40. The van der Waals surface area contributed by atoms with Gasteiger partial charge in [0, 0.05) is 18.6 Å². The first-order valence-corrected chi connectivity index (χ1v) is 3.97. The summed E-state index contributed by atoms with van der Waals surface area (Å²) in [6.07, 6.45) is 4.44. The van der Waals surface area contributed by atoms with Crippen LogP contribution in [0.15, 0.2) is 12.5 Å². The Morgan fingerprint density at radius 3 is 2.90 bits per heavy atom. The quantitative estimate of drug-likeness (QED) is 0.650. The van der Waals surface area contributed by atoms with Gasteiger partial charge >= 0.3 is 0 Å². The van der Waals surface area contributed by atoms with E-state index in [-0.39, 0.29) is 0 Å². The molecule has 0 atom stereocenters. The number of nitrogens with zero attached hydrogens (tertiary/aromatic N) is 2. The molecule has 0 radical (unpaired) electrons. The second-order valence-electron chi connectivity index (χ2n) is 1.98. The van der Waals surface area contributed by atoms with Crippen molar-refractivity contribution in [2.75, 3.05) is 5.88 Å². The summed E-state index contributed by atoms with van der Waals surface area (Å²) < 4.78 is 1.92. The molecule has 0 bridgehead atoms. The van der Waals surface area contributed by atoms with Crippen LogP contribution in [0.1, 0.15) is 6.42 Å². The summed E-state index contributed by atoms with van der Waals surface area (Å²) in [4.78, 5) is 3.85. The molecule has 0 unspecified atom stereocenters. The lowest BCUT2D eigenvalue weighted by Crippen LogP contribution is -1.93. The molecule has 0 N–H and O–H groups in total. The van der Waals surface area contributed by atoms with Crippen LogP contribution in [0, 0.1) is 0 Å². The number of rotatable bonds is 3. The van der Waals surface area contributed by atoms with Gasteiger partial charge in [-0.3, -0.25) is 0 Å². The average molecular weight is 179 g/mol. The molecule has 0 aliphatic heterocycles. The van der Waals surface area contributed by atoms with Crippen molar-refractivity contribution in [3.8, 4) is 0 Å². The highest BCUT2D eigenvalue weighted by Crippen LogP contribution is 2.03. The molecule has 0 fully saturated rings. The predicted octanol–water partition coefficient (Wildman–Crippen LogP) is 2.17. The minimum atomic E-state index is 0.537. The number of alkyl halides is 1. The highest BCUT2D eigenvalue weighted by molar-refractivity contribution is 6.29. The molecule has 2 nitrogen and oxygen atoms in total. The zero-order valence-corrected chi connectivity index (χ0v) is 6.94. The molecular weight excluding hydrogens is 171 g/mol. The van der Waals surface area contributed by atoms with Crippen molar-refractivity contribution in [1.29, 1.82) is 0 Å². The number of hydrogen-bond donors (Lipinski definition) is 0.